The van der Waals surface area contributed by atoms with Crippen molar-refractivity contribution in [3.05, 3.63) is 11.5 Å². The van der Waals surface area contributed by atoms with Gasteiger partial charge in [-0.1, -0.05) is 38.7 Å². The Morgan fingerprint density at radius 3 is 2.75 bits per heavy atom. The van der Waals surface area contributed by atoms with Crippen molar-refractivity contribution in [2.24, 2.45) is 5.92 Å². The number of rotatable bonds is 5. The van der Waals surface area contributed by atoms with Crippen molar-refractivity contribution in [3.8, 4) is 0 Å². The molecule has 2 heteroatoms. The third-order valence-electron chi connectivity index (χ3n) is 2.30. The first-order valence-corrected chi connectivity index (χ1v) is 5.79. The molecule has 1 rings (SSSR count). The van der Waals surface area contributed by atoms with E-state index in [0.717, 1.165) is 6.42 Å². The average molecular weight is 186 g/mol. The quantitative estimate of drug-likeness (QED) is 0.666. The molecule has 0 aromatic heterocycles. The molecule has 0 saturated heterocycles. The van der Waals surface area contributed by atoms with E-state index in [1.165, 1.54) is 25.7 Å². The molecule has 0 fully saturated rings. The molecule has 12 heavy (non-hydrogen) atoms. The summed E-state index contributed by atoms with van der Waals surface area (Å²) < 4.78 is 0. The summed E-state index contributed by atoms with van der Waals surface area (Å²) in [5.74, 6) is 0.423. The Morgan fingerprint density at radius 2 is 2.17 bits per heavy atom. The molecule has 2 atom stereocenters. The molecule has 1 nitrogen and oxygen atoms in total. The molecule has 0 spiro atoms. The highest BCUT2D eigenvalue weighted by molar-refractivity contribution is 8.02. The van der Waals surface area contributed by atoms with Crippen molar-refractivity contribution in [3.63, 3.8) is 0 Å². The Labute approximate surface area is 79.2 Å². The van der Waals surface area contributed by atoms with Gasteiger partial charge in [0.2, 0.25) is 0 Å². The van der Waals surface area contributed by atoms with Crippen LogP contribution in [0.4, 0.5) is 0 Å². The van der Waals surface area contributed by atoms with Crippen molar-refractivity contribution in [2.45, 2.75) is 44.5 Å². The highest BCUT2D eigenvalue weighted by atomic mass is 32.2. The number of thioether (sulfide) groups is 1. The Morgan fingerprint density at radius 1 is 1.33 bits per heavy atom. The van der Waals surface area contributed by atoms with E-state index in [1.54, 1.807) is 11.8 Å². The van der Waals surface area contributed by atoms with E-state index in [4.69, 9.17) is 0 Å². The zero-order chi connectivity index (χ0) is 8.81. The summed E-state index contributed by atoms with van der Waals surface area (Å²) in [5, 5.41) is 11.5. The number of aliphatic hydroxyl groups excluding tert-OH is 1. The lowest BCUT2D eigenvalue weighted by Gasteiger charge is -2.11. The van der Waals surface area contributed by atoms with Gasteiger partial charge in [0.1, 0.15) is 5.44 Å². The first-order valence-electron chi connectivity index (χ1n) is 4.84. The fraction of sp³-hybridized carbons (Fsp3) is 0.800. The van der Waals surface area contributed by atoms with Gasteiger partial charge in [0.15, 0.2) is 0 Å². The minimum atomic E-state index is -0.161. The fourth-order valence-electron chi connectivity index (χ4n) is 1.47. The molecule has 0 saturated carbocycles. The fourth-order valence-corrected chi connectivity index (χ4v) is 2.35. The maximum atomic E-state index is 9.45. The molecule has 0 aromatic rings. The minimum Gasteiger partial charge on any atom is -0.382 e. The summed E-state index contributed by atoms with van der Waals surface area (Å²) in [5.41, 5.74) is -0.161. The number of unbranched alkanes of at least 4 members (excludes halogenated alkanes) is 3. The second kappa shape index (κ2) is 5.65. The highest BCUT2D eigenvalue weighted by Crippen LogP contribution is 2.31. The number of aliphatic hydroxyl groups is 1. The summed E-state index contributed by atoms with van der Waals surface area (Å²) in [6.45, 7) is 2.22. The molecule has 2 unspecified atom stereocenters. The highest BCUT2D eigenvalue weighted by Gasteiger charge is 2.19. The molecular weight excluding hydrogens is 168 g/mol. The Hall–Kier alpha value is 0.0500. The Kier molecular flexibility index (Phi) is 4.77. The van der Waals surface area contributed by atoms with Crippen LogP contribution in [0.5, 0.6) is 0 Å². The second-order valence-electron chi connectivity index (χ2n) is 3.37. The van der Waals surface area contributed by atoms with E-state index < -0.39 is 0 Å². The molecular formula is C10H18OS. The molecule has 1 aliphatic rings. The third kappa shape index (κ3) is 3.20. The van der Waals surface area contributed by atoms with Crippen LogP contribution in [-0.4, -0.2) is 10.5 Å². The van der Waals surface area contributed by atoms with Crippen molar-refractivity contribution in [1.29, 1.82) is 0 Å². The summed E-state index contributed by atoms with van der Waals surface area (Å²) in [4.78, 5) is 0. The lowest BCUT2D eigenvalue weighted by Crippen LogP contribution is -2.09. The molecule has 70 valence electrons. The van der Waals surface area contributed by atoms with E-state index in [2.05, 4.69) is 13.0 Å². The van der Waals surface area contributed by atoms with Gasteiger partial charge in [-0.3, -0.25) is 0 Å². The molecule has 0 bridgehead atoms. The number of hydrogen-bond donors (Lipinski definition) is 1. The van der Waals surface area contributed by atoms with E-state index >= 15 is 0 Å². The predicted molar refractivity (Wildman–Crippen MR) is 55.0 cm³/mol. The predicted octanol–water partition coefficient (Wildman–Crippen LogP) is 3.15. The van der Waals surface area contributed by atoms with Crippen LogP contribution >= 0.6 is 11.8 Å². The SMILES string of the molecule is CCCCCCC1C=CSC1O. The second-order valence-corrected chi connectivity index (χ2v) is 4.40. The van der Waals surface area contributed by atoms with Crippen LogP contribution in [0, 0.1) is 5.92 Å². The van der Waals surface area contributed by atoms with Crippen molar-refractivity contribution < 1.29 is 5.11 Å². The van der Waals surface area contributed by atoms with Gasteiger partial charge >= 0.3 is 0 Å². The van der Waals surface area contributed by atoms with Gasteiger partial charge in [-0.25, -0.2) is 0 Å². The van der Waals surface area contributed by atoms with Gasteiger partial charge in [0.05, 0.1) is 0 Å². The van der Waals surface area contributed by atoms with Gasteiger partial charge < -0.3 is 5.11 Å². The molecule has 0 aromatic carbocycles. The van der Waals surface area contributed by atoms with E-state index in [-0.39, 0.29) is 5.44 Å². The van der Waals surface area contributed by atoms with Crippen LogP contribution in [0.3, 0.4) is 0 Å². The molecule has 1 heterocycles. The lowest BCUT2D eigenvalue weighted by atomic mass is 10.0. The van der Waals surface area contributed by atoms with E-state index in [1.807, 2.05) is 5.41 Å². The average Bonchev–Trinajstić information content (AvgIpc) is 2.46. The molecule has 0 amide bonds. The topological polar surface area (TPSA) is 20.2 Å². The maximum absolute atomic E-state index is 9.45. The molecule has 0 aliphatic carbocycles. The van der Waals surface area contributed by atoms with Crippen LogP contribution in [0.25, 0.3) is 0 Å². The zero-order valence-corrected chi connectivity index (χ0v) is 8.52. The first kappa shape index (κ1) is 10.1. The van der Waals surface area contributed by atoms with Crippen molar-refractivity contribution in [1.82, 2.24) is 0 Å². The summed E-state index contributed by atoms with van der Waals surface area (Å²) >= 11 is 1.54. The van der Waals surface area contributed by atoms with Crippen molar-refractivity contribution in [2.75, 3.05) is 0 Å². The van der Waals surface area contributed by atoms with Crippen LogP contribution in [-0.2, 0) is 0 Å². The summed E-state index contributed by atoms with van der Waals surface area (Å²) in [6.07, 6.45) is 8.50. The van der Waals surface area contributed by atoms with Crippen molar-refractivity contribution >= 4 is 11.8 Å². The largest absolute Gasteiger partial charge is 0.382 e. The van der Waals surface area contributed by atoms with E-state index in [0.29, 0.717) is 5.92 Å². The van der Waals surface area contributed by atoms with Crippen LogP contribution in [0.2, 0.25) is 0 Å². The normalized spacial score (nSPS) is 28.2. The van der Waals surface area contributed by atoms with Gasteiger partial charge in [-0.05, 0) is 11.8 Å². The Balaban J connectivity index is 2.02. The van der Waals surface area contributed by atoms with E-state index in [9.17, 15) is 5.11 Å². The van der Waals surface area contributed by atoms with Gasteiger partial charge in [-0.15, -0.1) is 11.8 Å². The Bertz CT molecular complexity index is 145. The summed E-state index contributed by atoms with van der Waals surface area (Å²) in [7, 11) is 0. The standard InChI is InChI=1S/C10H18OS/c1-2-3-4-5-6-9-7-8-12-10(9)11/h7-11H,2-6H2,1H3. The maximum Gasteiger partial charge on any atom is 0.109 e. The zero-order valence-electron chi connectivity index (χ0n) is 7.70. The molecule has 0 radical (unpaired) electrons. The molecule has 1 aliphatic heterocycles. The van der Waals surface area contributed by atoms with Gasteiger partial charge in [-0.2, -0.15) is 0 Å². The third-order valence-corrected chi connectivity index (χ3v) is 3.24. The minimum absolute atomic E-state index is 0.161. The monoisotopic (exact) mass is 186 g/mol. The van der Waals surface area contributed by atoms with Crippen LogP contribution in [0.1, 0.15) is 39.0 Å². The number of hydrogen-bond acceptors (Lipinski definition) is 2. The van der Waals surface area contributed by atoms with Crippen LogP contribution < -0.4 is 0 Å². The first-order chi connectivity index (χ1) is 5.84. The van der Waals surface area contributed by atoms with Gasteiger partial charge in [0, 0.05) is 5.92 Å². The van der Waals surface area contributed by atoms with Gasteiger partial charge in [0.25, 0.3) is 0 Å². The summed E-state index contributed by atoms with van der Waals surface area (Å²) in [6, 6.07) is 0. The van der Waals surface area contributed by atoms with Crippen LogP contribution in [0.15, 0.2) is 11.5 Å². The molecule has 1 N–H and O–H groups in total. The smallest absolute Gasteiger partial charge is 0.109 e. The lowest BCUT2D eigenvalue weighted by molar-refractivity contribution is 0.212.